The number of carbonyl (C=O) groups is 1. The predicted octanol–water partition coefficient (Wildman–Crippen LogP) is 1.30. The highest BCUT2D eigenvalue weighted by molar-refractivity contribution is 5.92. The van der Waals surface area contributed by atoms with Crippen LogP contribution in [0.25, 0.3) is 6.08 Å². The Kier molecular flexibility index (Phi) is 5.30. The minimum atomic E-state index is -0.421. The standard InChI is InChI=1S/C20H23N3O4/c1-21-13-15(19(25)22(2)20(21)26)6-11-18(24)23(16-7-8-16)12-14-4-9-17(27-3)10-5-14/h4-6,9-11,13,16H,7-8,12H2,1-3H3/b11-6+. The van der Waals surface area contributed by atoms with Crippen molar-refractivity contribution in [3.63, 3.8) is 0 Å². The number of rotatable bonds is 6. The Morgan fingerprint density at radius 3 is 2.48 bits per heavy atom. The quantitative estimate of drug-likeness (QED) is 0.720. The summed E-state index contributed by atoms with van der Waals surface area (Å²) >= 11 is 0. The molecule has 0 unspecified atom stereocenters. The van der Waals surface area contributed by atoms with Gasteiger partial charge in [-0.25, -0.2) is 4.79 Å². The third-order valence-corrected chi connectivity index (χ3v) is 4.66. The van der Waals surface area contributed by atoms with E-state index < -0.39 is 11.2 Å². The first-order valence-electron chi connectivity index (χ1n) is 8.79. The lowest BCUT2D eigenvalue weighted by molar-refractivity contribution is -0.127. The van der Waals surface area contributed by atoms with Gasteiger partial charge in [-0.1, -0.05) is 12.1 Å². The lowest BCUT2D eigenvalue weighted by Crippen LogP contribution is -2.37. The smallest absolute Gasteiger partial charge is 0.330 e. The van der Waals surface area contributed by atoms with E-state index in [1.165, 1.54) is 30.0 Å². The number of methoxy groups -OCH3 is 1. The first-order valence-corrected chi connectivity index (χ1v) is 8.79. The molecule has 1 heterocycles. The zero-order valence-electron chi connectivity index (χ0n) is 15.7. The number of ether oxygens (including phenoxy) is 1. The normalized spacial score (nSPS) is 13.7. The van der Waals surface area contributed by atoms with E-state index in [-0.39, 0.29) is 11.9 Å². The van der Waals surface area contributed by atoms with Crippen LogP contribution in [0.15, 0.2) is 46.1 Å². The van der Waals surface area contributed by atoms with Gasteiger partial charge in [-0.2, -0.15) is 0 Å². The van der Waals surface area contributed by atoms with Crippen LogP contribution in [0.4, 0.5) is 0 Å². The summed E-state index contributed by atoms with van der Waals surface area (Å²) < 4.78 is 7.51. The summed E-state index contributed by atoms with van der Waals surface area (Å²) in [6, 6.07) is 7.85. The van der Waals surface area contributed by atoms with Gasteiger partial charge >= 0.3 is 5.69 Å². The van der Waals surface area contributed by atoms with Crippen molar-refractivity contribution < 1.29 is 9.53 Å². The van der Waals surface area contributed by atoms with E-state index in [1.807, 2.05) is 29.2 Å². The van der Waals surface area contributed by atoms with Crippen molar-refractivity contribution in [1.29, 1.82) is 0 Å². The maximum absolute atomic E-state index is 12.7. The molecule has 1 fully saturated rings. The monoisotopic (exact) mass is 369 g/mol. The highest BCUT2D eigenvalue weighted by Gasteiger charge is 2.31. The first kappa shape index (κ1) is 18.7. The van der Waals surface area contributed by atoms with Crippen molar-refractivity contribution in [3.8, 4) is 5.75 Å². The molecule has 1 aliphatic rings. The number of hydrogen-bond donors (Lipinski definition) is 0. The van der Waals surface area contributed by atoms with Crippen molar-refractivity contribution in [3.05, 3.63) is 68.5 Å². The Morgan fingerprint density at radius 2 is 1.89 bits per heavy atom. The zero-order valence-corrected chi connectivity index (χ0v) is 15.7. The number of carbonyl (C=O) groups excluding carboxylic acids is 1. The second-order valence-electron chi connectivity index (χ2n) is 6.72. The summed E-state index contributed by atoms with van der Waals surface area (Å²) in [7, 11) is 4.61. The molecule has 1 aromatic heterocycles. The molecule has 142 valence electrons. The number of aromatic nitrogens is 2. The molecule has 0 bridgehead atoms. The van der Waals surface area contributed by atoms with E-state index in [0.717, 1.165) is 28.7 Å². The average Bonchev–Trinajstić information content (AvgIpc) is 3.51. The molecule has 1 amide bonds. The molecular formula is C20H23N3O4. The minimum Gasteiger partial charge on any atom is -0.497 e. The van der Waals surface area contributed by atoms with Gasteiger partial charge in [-0.05, 0) is 36.6 Å². The maximum Gasteiger partial charge on any atom is 0.330 e. The van der Waals surface area contributed by atoms with Gasteiger partial charge in [0, 0.05) is 39.0 Å². The highest BCUT2D eigenvalue weighted by Crippen LogP contribution is 2.29. The molecule has 7 nitrogen and oxygen atoms in total. The summed E-state index contributed by atoms with van der Waals surface area (Å²) in [6.07, 6.45) is 6.30. The van der Waals surface area contributed by atoms with E-state index in [0.29, 0.717) is 12.1 Å². The van der Waals surface area contributed by atoms with Crippen LogP contribution in [0.2, 0.25) is 0 Å². The molecule has 27 heavy (non-hydrogen) atoms. The van der Waals surface area contributed by atoms with Gasteiger partial charge in [-0.15, -0.1) is 0 Å². The summed E-state index contributed by atoms with van der Waals surface area (Å²) in [5, 5.41) is 0. The maximum atomic E-state index is 12.7. The Morgan fingerprint density at radius 1 is 1.22 bits per heavy atom. The van der Waals surface area contributed by atoms with Gasteiger partial charge in [-0.3, -0.25) is 14.2 Å². The fourth-order valence-electron chi connectivity index (χ4n) is 2.91. The molecule has 0 spiro atoms. The molecule has 1 aliphatic carbocycles. The zero-order chi connectivity index (χ0) is 19.6. The van der Waals surface area contributed by atoms with Gasteiger partial charge in [0.05, 0.1) is 12.7 Å². The van der Waals surface area contributed by atoms with Gasteiger partial charge in [0.25, 0.3) is 5.56 Å². The number of benzene rings is 1. The first-order chi connectivity index (χ1) is 12.9. The molecule has 2 aromatic rings. The van der Waals surface area contributed by atoms with Crippen LogP contribution in [-0.4, -0.2) is 33.1 Å². The van der Waals surface area contributed by atoms with E-state index in [4.69, 9.17) is 4.74 Å². The predicted molar refractivity (Wildman–Crippen MR) is 103 cm³/mol. The SMILES string of the molecule is COc1ccc(CN(C(=O)/C=C/c2cn(C)c(=O)n(C)c2=O)C2CC2)cc1. The Labute approximate surface area is 157 Å². The molecule has 0 radical (unpaired) electrons. The summed E-state index contributed by atoms with van der Waals surface area (Å²) in [6.45, 7) is 0.503. The number of hydrogen-bond acceptors (Lipinski definition) is 4. The minimum absolute atomic E-state index is 0.149. The van der Waals surface area contributed by atoms with Gasteiger partial charge in [0.1, 0.15) is 5.75 Å². The second-order valence-corrected chi connectivity index (χ2v) is 6.72. The summed E-state index contributed by atoms with van der Waals surface area (Å²) in [5.41, 5.74) is 0.494. The number of amides is 1. The van der Waals surface area contributed by atoms with Crippen LogP contribution in [0.1, 0.15) is 24.0 Å². The van der Waals surface area contributed by atoms with Crippen LogP contribution in [0, 0.1) is 0 Å². The molecule has 3 rings (SSSR count). The van der Waals surface area contributed by atoms with E-state index in [1.54, 1.807) is 14.2 Å². The molecule has 7 heteroatoms. The Hall–Kier alpha value is -3.09. The topological polar surface area (TPSA) is 73.5 Å². The molecule has 0 saturated heterocycles. The number of aryl methyl sites for hydroxylation is 1. The Balaban J connectivity index is 1.79. The molecule has 1 aromatic carbocycles. The third kappa shape index (κ3) is 4.19. The van der Waals surface area contributed by atoms with Crippen molar-refractivity contribution >= 4 is 12.0 Å². The second kappa shape index (κ2) is 7.65. The lowest BCUT2D eigenvalue weighted by atomic mass is 10.2. The van der Waals surface area contributed by atoms with Gasteiger partial charge in [0.15, 0.2) is 0 Å². The Bertz CT molecular complexity index is 982. The van der Waals surface area contributed by atoms with Crippen LogP contribution in [0.5, 0.6) is 5.75 Å². The molecule has 0 N–H and O–H groups in total. The fourth-order valence-corrected chi connectivity index (χ4v) is 2.91. The molecule has 0 atom stereocenters. The van der Waals surface area contributed by atoms with Crippen molar-refractivity contribution in [2.75, 3.05) is 7.11 Å². The third-order valence-electron chi connectivity index (χ3n) is 4.66. The van der Waals surface area contributed by atoms with E-state index in [2.05, 4.69) is 0 Å². The van der Waals surface area contributed by atoms with E-state index >= 15 is 0 Å². The highest BCUT2D eigenvalue weighted by atomic mass is 16.5. The van der Waals surface area contributed by atoms with Crippen LogP contribution < -0.4 is 16.0 Å². The van der Waals surface area contributed by atoms with Crippen molar-refractivity contribution in [2.45, 2.75) is 25.4 Å². The van der Waals surface area contributed by atoms with Crippen LogP contribution in [0.3, 0.4) is 0 Å². The molecule has 0 aliphatic heterocycles. The summed E-state index contributed by atoms with van der Waals surface area (Å²) in [4.78, 5) is 38.5. The van der Waals surface area contributed by atoms with Gasteiger partial charge < -0.3 is 14.2 Å². The van der Waals surface area contributed by atoms with Crippen LogP contribution in [-0.2, 0) is 25.4 Å². The largest absolute Gasteiger partial charge is 0.497 e. The summed E-state index contributed by atoms with van der Waals surface area (Å²) in [5.74, 6) is 0.623. The van der Waals surface area contributed by atoms with Gasteiger partial charge in [0.2, 0.25) is 5.91 Å². The average molecular weight is 369 g/mol. The van der Waals surface area contributed by atoms with Crippen molar-refractivity contribution in [1.82, 2.24) is 14.0 Å². The van der Waals surface area contributed by atoms with Crippen LogP contribution >= 0.6 is 0 Å². The van der Waals surface area contributed by atoms with Crippen molar-refractivity contribution in [2.24, 2.45) is 14.1 Å². The molecular weight excluding hydrogens is 346 g/mol. The fraction of sp³-hybridized carbons (Fsp3) is 0.350. The van der Waals surface area contributed by atoms with E-state index in [9.17, 15) is 14.4 Å². The molecule has 1 saturated carbocycles. The lowest BCUT2D eigenvalue weighted by Gasteiger charge is -2.21. The number of nitrogens with zero attached hydrogens (tertiary/aromatic N) is 3.